The Bertz CT molecular complexity index is 432. The van der Waals surface area contributed by atoms with Gasteiger partial charge in [0, 0.05) is 24.1 Å². The molecule has 1 rings (SSSR count). The van der Waals surface area contributed by atoms with E-state index < -0.39 is 0 Å². The smallest absolute Gasteiger partial charge is 0.272 e. The number of benzene rings is 1. The Kier molecular flexibility index (Phi) is 5.09. The van der Waals surface area contributed by atoms with Crippen molar-refractivity contribution < 1.29 is 9.66 Å². The molecule has 0 heterocycles. The Morgan fingerprint density at radius 3 is 2.61 bits per heavy atom. The van der Waals surface area contributed by atoms with Crippen LogP contribution in [0.1, 0.15) is 18.1 Å². The molecule has 0 aliphatic rings. The summed E-state index contributed by atoms with van der Waals surface area (Å²) >= 11 is 0. The number of hydrogen-bond donors (Lipinski definition) is 1. The summed E-state index contributed by atoms with van der Waals surface area (Å²) in [6.45, 7) is 7.11. The lowest BCUT2D eigenvalue weighted by atomic mass is 10.1. The van der Waals surface area contributed by atoms with Crippen LogP contribution in [-0.2, 0) is 0 Å². The first kappa shape index (κ1) is 14.4. The number of nitro groups is 1. The number of nitrogens with one attached hydrogen (secondary N) is 1. The zero-order valence-corrected chi connectivity index (χ0v) is 11.3. The molecule has 18 heavy (non-hydrogen) atoms. The number of nitrogens with zero attached hydrogens (tertiary/aromatic N) is 1. The van der Waals surface area contributed by atoms with Gasteiger partial charge in [0.15, 0.2) is 0 Å². The van der Waals surface area contributed by atoms with Gasteiger partial charge in [-0.05, 0) is 32.5 Å². The van der Waals surface area contributed by atoms with Crippen LogP contribution in [0.25, 0.3) is 0 Å². The van der Waals surface area contributed by atoms with Crippen LogP contribution in [0.5, 0.6) is 5.75 Å². The molecule has 0 fully saturated rings. The first-order valence-corrected chi connectivity index (χ1v) is 5.98. The van der Waals surface area contributed by atoms with Gasteiger partial charge in [0.2, 0.25) is 0 Å². The van der Waals surface area contributed by atoms with Gasteiger partial charge in [0.25, 0.3) is 5.69 Å². The third-order valence-electron chi connectivity index (χ3n) is 2.77. The Morgan fingerprint density at radius 2 is 2.06 bits per heavy atom. The molecule has 0 bridgehead atoms. The Morgan fingerprint density at radius 1 is 1.39 bits per heavy atom. The average molecular weight is 252 g/mol. The molecule has 5 nitrogen and oxygen atoms in total. The van der Waals surface area contributed by atoms with Gasteiger partial charge in [0.1, 0.15) is 5.75 Å². The molecule has 0 spiro atoms. The van der Waals surface area contributed by atoms with Crippen LogP contribution in [0.3, 0.4) is 0 Å². The molecule has 1 N–H and O–H groups in total. The van der Waals surface area contributed by atoms with E-state index in [0.29, 0.717) is 18.1 Å². The molecule has 1 atom stereocenters. The largest absolute Gasteiger partial charge is 0.493 e. The van der Waals surface area contributed by atoms with Crippen LogP contribution in [0, 0.1) is 29.9 Å². The molecule has 1 aromatic rings. The van der Waals surface area contributed by atoms with Crippen LogP contribution >= 0.6 is 0 Å². The molecule has 1 aromatic carbocycles. The number of ether oxygens (including phenoxy) is 1. The summed E-state index contributed by atoms with van der Waals surface area (Å²) in [5, 5.41) is 13.9. The van der Waals surface area contributed by atoms with Crippen molar-refractivity contribution in [2.24, 2.45) is 5.92 Å². The lowest BCUT2D eigenvalue weighted by Gasteiger charge is -2.14. The second-order valence-electron chi connectivity index (χ2n) is 4.64. The fraction of sp³-hybridized carbons (Fsp3) is 0.538. The molecular formula is C13H20N2O3. The van der Waals surface area contributed by atoms with Crippen molar-refractivity contribution in [3.8, 4) is 5.75 Å². The summed E-state index contributed by atoms with van der Waals surface area (Å²) in [4.78, 5) is 10.4. The van der Waals surface area contributed by atoms with Crippen molar-refractivity contribution in [2.75, 3.05) is 20.2 Å². The second-order valence-corrected chi connectivity index (χ2v) is 4.64. The van der Waals surface area contributed by atoms with Crippen molar-refractivity contribution in [1.82, 2.24) is 5.32 Å². The third-order valence-corrected chi connectivity index (χ3v) is 2.77. The normalized spacial score (nSPS) is 12.2. The standard InChI is InChI=1S/C13H20N2O3/c1-9(7-14-4)8-18-13-6-10(2)12(15(16)17)5-11(13)3/h5-6,9,14H,7-8H2,1-4H3. The van der Waals surface area contributed by atoms with Gasteiger partial charge in [-0.3, -0.25) is 10.1 Å². The molecule has 0 aromatic heterocycles. The van der Waals surface area contributed by atoms with E-state index in [4.69, 9.17) is 4.74 Å². The summed E-state index contributed by atoms with van der Waals surface area (Å²) < 4.78 is 5.70. The summed E-state index contributed by atoms with van der Waals surface area (Å²) in [5.74, 6) is 1.12. The van der Waals surface area contributed by atoms with Crippen molar-refractivity contribution in [1.29, 1.82) is 0 Å². The maximum absolute atomic E-state index is 10.8. The quantitative estimate of drug-likeness (QED) is 0.624. The maximum Gasteiger partial charge on any atom is 0.272 e. The highest BCUT2D eigenvalue weighted by Crippen LogP contribution is 2.27. The van der Waals surface area contributed by atoms with Gasteiger partial charge in [-0.2, -0.15) is 0 Å². The van der Waals surface area contributed by atoms with Crippen LogP contribution in [0.15, 0.2) is 12.1 Å². The van der Waals surface area contributed by atoms with E-state index in [1.54, 1.807) is 19.1 Å². The van der Waals surface area contributed by atoms with Gasteiger partial charge in [-0.25, -0.2) is 0 Å². The fourth-order valence-corrected chi connectivity index (χ4v) is 1.77. The van der Waals surface area contributed by atoms with Crippen molar-refractivity contribution in [2.45, 2.75) is 20.8 Å². The van der Waals surface area contributed by atoms with Gasteiger partial charge >= 0.3 is 0 Å². The number of rotatable bonds is 6. The first-order chi connectivity index (χ1) is 8.45. The minimum Gasteiger partial charge on any atom is -0.493 e. The zero-order chi connectivity index (χ0) is 13.7. The molecule has 0 amide bonds. The minimum absolute atomic E-state index is 0.142. The van der Waals surface area contributed by atoms with E-state index in [0.717, 1.165) is 17.9 Å². The summed E-state index contributed by atoms with van der Waals surface area (Å²) in [6.07, 6.45) is 0. The molecule has 0 aliphatic heterocycles. The van der Waals surface area contributed by atoms with E-state index in [-0.39, 0.29) is 10.6 Å². The second kappa shape index (κ2) is 6.35. The van der Waals surface area contributed by atoms with E-state index in [1.807, 2.05) is 14.0 Å². The number of aryl methyl sites for hydroxylation is 2. The molecule has 0 saturated carbocycles. The number of nitro benzene ring substituents is 1. The van der Waals surface area contributed by atoms with Gasteiger partial charge in [-0.15, -0.1) is 0 Å². The van der Waals surface area contributed by atoms with E-state index in [2.05, 4.69) is 12.2 Å². The van der Waals surface area contributed by atoms with Crippen LogP contribution in [0.2, 0.25) is 0 Å². The average Bonchev–Trinajstić information content (AvgIpc) is 2.29. The van der Waals surface area contributed by atoms with Crippen molar-refractivity contribution in [3.05, 3.63) is 33.4 Å². The SMILES string of the molecule is CNCC(C)COc1cc(C)c([N+](=O)[O-])cc1C. The maximum atomic E-state index is 10.8. The fourth-order valence-electron chi connectivity index (χ4n) is 1.77. The highest BCUT2D eigenvalue weighted by atomic mass is 16.6. The highest BCUT2D eigenvalue weighted by molar-refractivity contribution is 5.49. The van der Waals surface area contributed by atoms with Crippen LogP contribution < -0.4 is 10.1 Å². The molecule has 0 aliphatic carbocycles. The monoisotopic (exact) mass is 252 g/mol. The van der Waals surface area contributed by atoms with E-state index in [9.17, 15) is 10.1 Å². The molecule has 100 valence electrons. The van der Waals surface area contributed by atoms with Crippen LogP contribution in [0.4, 0.5) is 5.69 Å². The minimum atomic E-state index is -0.365. The Labute approximate surface area is 107 Å². The molecule has 0 radical (unpaired) electrons. The lowest BCUT2D eigenvalue weighted by Crippen LogP contribution is -2.21. The Hall–Kier alpha value is -1.62. The van der Waals surface area contributed by atoms with E-state index in [1.165, 1.54) is 0 Å². The predicted molar refractivity (Wildman–Crippen MR) is 71.2 cm³/mol. The van der Waals surface area contributed by atoms with Gasteiger partial charge in [-0.1, -0.05) is 6.92 Å². The van der Waals surface area contributed by atoms with Crippen LogP contribution in [-0.4, -0.2) is 25.1 Å². The zero-order valence-electron chi connectivity index (χ0n) is 11.3. The van der Waals surface area contributed by atoms with Crippen molar-refractivity contribution >= 4 is 5.69 Å². The molecule has 5 heteroatoms. The number of hydrogen-bond acceptors (Lipinski definition) is 4. The summed E-state index contributed by atoms with van der Waals surface area (Å²) in [6, 6.07) is 3.30. The molecular weight excluding hydrogens is 232 g/mol. The first-order valence-electron chi connectivity index (χ1n) is 5.98. The topological polar surface area (TPSA) is 64.4 Å². The van der Waals surface area contributed by atoms with Gasteiger partial charge < -0.3 is 10.1 Å². The summed E-state index contributed by atoms with van der Waals surface area (Å²) in [7, 11) is 1.90. The van der Waals surface area contributed by atoms with Crippen molar-refractivity contribution in [3.63, 3.8) is 0 Å². The predicted octanol–water partition coefficient (Wildman–Crippen LogP) is 2.45. The van der Waals surface area contributed by atoms with E-state index >= 15 is 0 Å². The van der Waals surface area contributed by atoms with Gasteiger partial charge in [0.05, 0.1) is 11.5 Å². The molecule has 1 unspecified atom stereocenters. The lowest BCUT2D eigenvalue weighted by molar-refractivity contribution is -0.385. The summed E-state index contributed by atoms with van der Waals surface area (Å²) in [5.41, 5.74) is 1.56. The molecule has 0 saturated heterocycles. The highest BCUT2D eigenvalue weighted by Gasteiger charge is 2.14. The third kappa shape index (κ3) is 3.70. The Balaban J connectivity index is 2.79.